The summed E-state index contributed by atoms with van der Waals surface area (Å²) in [5.74, 6) is 0.556. The molecule has 0 spiro atoms. The zero-order chi connectivity index (χ0) is 16.5. The van der Waals surface area contributed by atoms with Crippen LogP contribution in [0.1, 0.15) is 50.2 Å². The molecule has 0 radical (unpaired) electrons. The second-order valence-corrected chi connectivity index (χ2v) is 6.54. The molecule has 1 aliphatic rings. The first kappa shape index (κ1) is 17.8. The van der Waals surface area contributed by atoms with Crippen molar-refractivity contribution in [3.05, 3.63) is 35.4 Å². The lowest BCUT2D eigenvalue weighted by atomic mass is 9.78. The van der Waals surface area contributed by atoms with E-state index in [1.807, 2.05) is 6.92 Å². The summed E-state index contributed by atoms with van der Waals surface area (Å²) in [6, 6.07) is 8.87. The molecule has 3 N–H and O–H groups in total. The van der Waals surface area contributed by atoms with Crippen LogP contribution in [0.2, 0.25) is 0 Å². The maximum Gasteiger partial charge on any atom is 0.188 e. The highest BCUT2D eigenvalue weighted by Crippen LogP contribution is 2.41. The fourth-order valence-electron chi connectivity index (χ4n) is 3.39. The molecule has 1 saturated carbocycles. The molecule has 0 aromatic heterocycles. The van der Waals surface area contributed by atoms with Gasteiger partial charge in [0.25, 0.3) is 0 Å². The highest BCUT2D eigenvalue weighted by Gasteiger charge is 2.35. The molecular formula is C19H31N3O. The number of rotatable bonds is 8. The first-order valence-corrected chi connectivity index (χ1v) is 8.85. The van der Waals surface area contributed by atoms with E-state index in [1.165, 1.54) is 36.8 Å². The fraction of sp³-hybridized carbons (Fsp3) is 0.632. The van der Waals surface area contributed by atoms with E-state index in [2.05, 4.69) is 41.5 Å². The SMILES string of the molecule is CCOCCCNC(N)=NCC1(c2cccc(C)c2)CCCC1. The molecule has 128 valence electrons. The Morgan fingerprint density at radius 3 is 2.83 bits per heavy atom. The van der Waals surface area contributed by atoms with Crippen LogP contribution in [0.3, 0.4) is 0 Å². The second kappa shape index (κ2) is 8.92. The predicted molar refractivity (Wildman–Crippen MR) is 96.9 cm³/mol. The minimum atomic E-state index is 0.170. The Balaban J connectivity index is 1.93. The van der Waals surface area contributed by atoms with Crippen LogP contribution in [-0.2, 0) is 10.2 Å². The highest BCUT2D eigenvalue weighted by molar-refractivity contribution is 5.77. The number of nitrogens with zero attached hydrogens (tertiary/aromatic N) is 1. The summed E-state index contributed by atoms with van der Waals surface area (Å²) in [4.78, 5) is 4.64. The van der Waals surface area contributed by atoms with E-state index < -0.39 is 0 Å². The summed E-state index contributed by atoms with van der Waals surface area (Å²) in [6.07, 6.45) is 5.93. The maximum atomic E-state index is 6.03. The van der Waals surface area contributed by atoms with Gasteiger partial charge in [-0.3, -0.25) is 4.99 Å². The van der Waals surface area contributed by atoms with Gasteiger partial charge in [-0.25, -0.2) is 0 Å². The van der Waals surface area contributed by atoms with Crippen LogP contribution in [0.5, 0.6) is 0 Å². The van der Waals surface area contributed by atoms with Crippen LogP contribution < -0.4 is 11.1 Å². The Morgan fingerprint density at radius 2 is 2.13 bits per heavy atom. The summed E-state index contributed by atoms with van der Waals surface area (Å²) in [7, 11) is 0. The maximum absolute atomic E-state index is 6.03. The van der Waals surface area contributed by atoms with Gasteiger partial charge in [0, 0.05) is 25.2 Å². The average Bonchev–Trinajstić information content (AvgIpc) is 3.03. The Hall–Kier alpha value is -1.55. The molecular weight excluding hydrogens is 286 g/mol. The molecule has 2 rings (SSSR count). The van der Waals surface area contributed by atoms with Gasteiger partial charge in [0.15, 0.2) is 5.96 Å². The topological polar surface area (TPSA) is 59.6 Å². The number of nitrogens with one attached hydrogen (secondary N) is 1. The Kier molecular flexibility index (Phi) is 6.90. The molecule has 0 heterocycles. The molecule has 1 aromatic carbocycles. The molecule has 0 saturated heterocycles. The summed E-state index contributed by atoms with van der Waals surface area (Å²) in [5.41, 5.74) is 8.94. The van der Waals surface area contributed by atoms with E-state index >= 15 is 0 Å². The van der Waals surface area contributed by atoms with Crippen molar-refractivity contribution < 1.29 is 4.74 Å². The lowest BCUT2D eigenvalue weighted by Crippen LogP contribution is -2.35. The van der Waals surface area contributed by atoms with Crippen LogP contribution in [0.4, 0.5) is 0 Å². The number of aliphatic imine (C=N–C) groups is 1. The Morgan fingerprint density at radius 1 is 1.35 bits per heavy atom. The molecule has 0 atom stereocenters. The van der Waals surface area contributed by atoms with E-state index in [0.29, 0.717) is 5.96 Å². The van der Waals surface area contributed by atoms with Crippen LogP contribution in [0.25, 0.3) is 0 Å². The summed E-state index contributed by atoms with van der Waals surface area (Å²) in [6.45, 7) is 7.29. The van der Waals surface area contributed by atoms with Gasteiger partial charge in [0.1, 0.15) is 0 Å². The summed E-state index contributed by atoms with van der Waals surface area (Å²) in [5, 5.41) is 3.19. The van der Waals surface area contributed by atoms with Crippen molar-refractivity contribution in [2.24, 2.45) is 10.7 Å². The normalized spacial score (nSPS) is 17.4. The first-order valence-electron chi connectivity index (χ1n) is 8.85. The van der Waals surface area contributed by atoms with Crippen molar-refractivity contribution in [3.63, 3.8) is 0 Å². The molecule has 1 aliphatic carbocycles. The number of hydrogen-bond donors (Lipinski definition) is 2. The number of nitrogens with two attached hydrogens (primary N) is 1. The van der Waals surface area contributed by atoms with E-state index in [9.17, 15) is 0 Å². The van der Waals surface area contributed by atoms with Gasteiger partial charge in [-0.1, -0.05) is 42.7 Å². The number of ether oxygens (including phenoxy) is 1. The number of guanidine groups is 1. The van der Waals surface area contributed by atoms with Gasteiger partial charge in [-0.2, -0.15) is 0 Å². The standard InChI is InChI=1S/C19H31N3O/c1-3-23-13-7-12-21-18(20)22-15-19(10-4-5-11-19)17-9-6-8-16(2)14-17/h6,8-9,14H,3-5,7,10-13,15H2,1-2H3,(H3,20,21,22). The minimum Gasteiger partial charge on any atom is -0.382 e. The molecule has 23 heavy (non-hydrogen) atoms. The Bertz CT molecular complexity index is 507. The molecule has 1 fully saturated rings. The largest absolute Gasteiger partial charge is 0.382 e. The lowest BCUT2D eigenvalue weighted by Gasteiger charge is -2.28. The van der Waals surface area contributed by atoms with Crippen molar-refractivity contribution in [2.75, 3.05) is 26.3 Å². The first-order chi connectivity index (χ1) is 11.2. The van der Waals surface area contributed by atoms with Crippen molar-refractivity contribution in [1.29, 1.82) is 0 Å². The lowest BCUT2D eigenvalue weighted by molar-refractivity contribution is 0.145. The molecule has 4 nitrogen and oxygen atoms in total. The van der Waals surface area contributed by atoms with E-state index in [1.54, 1.807) is 0 Å². The van der Waals surface area contributed by atoms with Crippen LogP contribution in [0.15, 0.2) is 29.3 Å². The third-order valence-corrected chi connectivity index (χ3v) is 4.72. The minimum absolute atomic E-state index is 0.170. The number of aryl methyl sites for hydroxylation is 1. The van der Waals surface area contributed by atoms with Gasteiger partial charge in [0.2, 0.25) is 0 Å². The molecule has 0 amide bonds. The molecule has 0 aliphatic heterocycles. The zero-order valence-corrected chi connectivity index (χ0v) is 14.6. The van der Waals surface area contributed by atoms with Gasteiger partial charge >= 0.3 is 0 Å². The smallest absolute Gasteiger partial charge is 0.188 e. The van der Waals surface area contributed by atoms with E-state index in [4.69, 9.17) is 10.5 Å². The predicted octanol–water partition coefficient (Wildman–Crippen LogP) is 3.14. The fourth-order valence-corrected chi connectivity index (χ4v) is 3.39. The quantitative estimate of drug-likeness (QED) is 0.440. The van der Waals surface area contributed by atoms with Crippen LogP contribution >= 0.6 is 0 Å². The third-order valence-electron chi connectivity index (χ3n) is 4.72. The summed E-state index contributed by atoms with van der Waals surface area (Å²) < 4.78 is 5.32. The molecule has 1 aromatic rings. The zero-order valence-electron chi connectivity index (χ0n) is 14.6. The van der Waals surface area contributed by atoms with E-state index in [0.717, 1.165) is 32.7 Å². The highest BCUT2D eigenvalue weighted by atomic mass is 16.5. The summed E-state index contributed by atoms with van der Waals surface area (Å²) >= 11 is 0. The van der Waals surface area contributed by atoms with E-state index in [-0.39, 0.29) is 5.41 Å². The molecule has 0 unspecified atom stereocenters. The average molecular weight is 317 g/mol. The van der Waals surface area contributed by atoms with Crippen molar-refractivity contribution in [1.82, 2.24) is 5.32 Å². The van der Waals surface area contributed by atoms with Crippen molar-refractivity contribution in [3.8, 4) is 0 Å². The number of hydrogen-bond acceptors (Lipinski definition) is 2. The Labute approximate surface area is 140 Å². The van der Waals surface area contributed by atoms with Crippen LogP contribution in [0, 0.1) is 6.92 Å². The monoisotopic (exact) mass is 317 g/mol. The van der Waals surface area contributed by atoms with Gasteiger partial charge in [-0.15, -0.1) is 0 Å². The number of benzene rings is 1. The molecule has 4 heteroatoms. The third kappa shape index (κ3) is 5.24. The van der Waals surface area contributed by atoms with Gasteiger partial charge < -0.3 is 15.8 Å². The van der Waals surface area contributed by atoms with Gasteiger partial charge in [0.05, 0.1) is 6.54 Å². The van der Waals surface area contributed by atoms with Crippen LogP contribution in [-0.4, -0.2) is 32.3 Å². The van der Waals surface area contributed by atoms with Gasteiger partial charge in [-0.05, 0) is 38.7 Å². The van der Waals surface area contributed by atoms with Crippen molar-refractivity contribution >= 4 is 5.96 Å². The molecule has 0 bridgehead atoms. The van der Waals surface area contributed by atoms with Crippen molar-refractivity contribution in [2.45, 2.75) is 51.4 Å². The second-order valence-electron chi connectivity index (χ2n) is 6.54.